The zero-order valence-corrected chi connectivity index (χ0v) is 13.0. The van der Waals surface area contributed by atoms with Crippen LogP contribution in [0.1, 0.15) is 31.7 Å². The van der Waals surface area contributed by atoms with Crippen molar-refractivity contribution in [1.82, 2.24) is 0 Å². The molecule has 1 aromatic rings. The summed E-state index contributed by atoms with van der Waals surface area (Å²) in [6, 6.07) is 8.49. The third-order valence-corrected chi connectivity index (χ3v) is 7.23. The van der Waals surface area contributed by atoms with E-state index in [0.717, 1.165) is 30.7 Å². The van der Waals surface area contributed by atoms with Crippen molar-refractivity contribution < 1.29 is 9.53 Å². The quantitative estimate of drug-likeness (QED) is 0.749. The lowest BCUT2D eigenvalue weighted by Gasteiger charge is -2.65. The Morgan fingerprint density at radius 1 is 1.35 bits per heavy atom. The van der Waals surface area contributed by atoms with Crippen LogP contribution >= 0.6 is 0 Å². The molecule has 4 fully saturated rings. The van der Waals surface area contributed by atoms with E-state index < -0.39 is 0 Å². The molecule has 3 unspecified atom stereocenters. The third-order valence-electron chi connectivity index (χ3n) is 7.23. The molecule has 5 bridgehead atoms. The zero-order chi connectivity index (χ0) is 15.4. The Balaban J connectivity index is 1.70. The summed E-state index contributed by atoms with van der Waals surface area (Å²) in [5.41, 5.74) is 3.09. The van der Waals surface area contributed by atoms with Crippen molar-refractivity contribution in [1.29, 1.82) is 0 Å². The number of benzene rings is 1. The number of aliphatic imine (C=N–C) groups is 2. The Morgan fingerprint density at radius 3 is 3.09 bits per heavy atom. The molecule has 23 heavy (non-hydrogen) atoms. The Bertz CT molecular complexity index is 828. The van der Waals surface area contributed by atoms with Gasteiger partial charge in [0.05, 0.1) is 28.8 Å². The fourth-order valence-electron chi connectivity index (χ4n) is 6.29. The summed E-state index contributed by atoms with van der Waals surface area (Å²) in [7, 11) is 0. The molecule has 4 heteroatoms. The molecule has 0 radical (unpaired) electrons. The third kappa shape index (κ3) is 1.10. The van der Waals surface area contributed by atoms with E-state index in [9.17, 15) is 4.79 Å². The molecule has 6 atom stereocenters. The molecule has 0 aromatic heterocycles. The molecule has 7 rings (SSSR count). The molecule has 2 aliphatic carbocycles. The summed E-state index contributed by atoms with van der Waals surface area (Å²) in [4.78, 5) is 22.7. The van der Waals surface area contributed by atoms with Crippen LogP contribution in [0.15, 0.2) is 34.3 Å². The van der Waals surface area contributed by atoms with Gasteiger partial charge in [-0.1, -0.05) is 25.1 Å². The molecular formula is C19H18N2O2. The summed E-state index contributed by atoms with van der Waals surface area (Å²) in [5.74, 6) is 0.256. The summed E-state index contributed by atoms with van der Waals surface area (Å²) >= 11 is 0. The first-order chi connectivity index (χ1) is 11.2. The van der Waals surface area contributed by atoms with E-state index in [-0.39, 0.29) is 34.9 Å². The van der Waals surface area contributed by atoms with E-state index in [0.29, 0.717) is 5.92 Å². The fourth-order valence-corrected chi connectivity index (χ4v) is 6.29. The Morgan fingerprint density at radius 2 is 2.22 bits per heavy atom. The Labute approximate surface area is 134 Å². The highest BCUT2D eigenvalue weighted by atomic mass is 16.5. The highest BCUT2D eigenvalue weighted by molar-refractivity contribution is 6.11. The van der Waals surface area contributed by atoms with Gasteiger partial charge >= 0.3 is 5.97 Å². The van der Waals surface area contributed by atoms with E-state index in [4.69, 9.17) is 14.7 Å². The van der Waals surface area contributed by atoms with Gasteiger partial charge in [0.1, 0.15) is 6.10 Å². The Kier molecular flexibility index (Phi) is 1.94. The van der Waals surface area contributed by atoms with Gasteiger partial charge in [0.15, 0.2) is 0 Å². The highest BCUT2D eigenvalue weighted by Crippen LogP contribution is 2.68. The van der Waals surface area contributed by atoms with Crippen molar-refractivity contribution in [3.63, 3.8) is 0 Å². The molecular weight excluding hydrogens is 288 g/mol. The first kappa shape index (κ1) is 12.5. The molecule has 2 saturated heterocycles. The number of nitrogens with zero attached hydrogens (tertiary/aromatic N) is 2. The summed E-state index contributed by atoms with van der Waals surface area (Å²) < 4.78 is 5.88. The second kappa shape index (κ2) is 3.58. The van der Waals surface area contributed by atoms with Gasteiger partial charge in [-0.15, -0.1) is 0 Å². The van der Waals surface area contributed by atoms with Gasteiger partial charge in [0.25, 0.3) is 0 Å². The molecule has 4 nitrogen and oxygen atoms in total. The average molecular weight is 306 g/mol. The summed E-state index contributed by atoms with van der Waals surface area (Å²) in [5, 5.41) is 0. The van der Waals surface area contributed by atoms with Crippen LogP contribution in [0.25, 0.3) is 0 Å². The van der Waals surface area contributed by atoms with Crippen molar-refractivity contribution in [3.8, 4) is 0 Å². The number of carbonyl (C=O) groups is 1. The topological polar surface area (TPSA) is 51.0 Å². The second-order valence-electron chi connectivity index (χ2n) is 7.69. The largest absolute Gasteiger partial charge is 0.461 e. The van der Waals surface area contributed by atoms with E-state index in [2.05, 4.69) is 31.3 Å². The van der Waals surface area contributed by atoms with Gasteiger partial charge in [-0.2, -0.15) is 0 Å². The molecule has 1 aromatic carbocycles. The zero-order valence-electron chi connectivity index (χ0n) is 13.0. The van der Waals surface area contributed by atoms with Crippen molar-refractivity contribution in [2.45, 2.75) is 43.7 Å². The number of ether oxygens (including phenoxy) is 1. The van der Waals surface area contributed by atoms with Gasteiger partial charge in [-0.25, -0.2) is 0 Å². The van der Waals surface area contributed by atoms with Crippen LogP contribution < -0.4 is 0 Å². The first-order valence-electron chi connectivity index (χ1n) is 8.64. The normalized spacial score (nSPS) is 47.2. The van der Waals surface area contributed by atoms with Gasteiger partial charge in [0, 0.05) is 18.1 Å². The minimum Gasteiger partial charge on any atom is -0.461 e. The number of fused-ring (bicyclic) bond motifs is 4. The fraction of sp³-hybridized carbons (Fsp3) is 0.526. The average Bonchev–Trinajstić information content (AvgIpc) is 2.89. The smallest absolute Gasteiger partial charge is 0.310 e. The van der Waals surface area contributed by atoms with E-state index in [1.54, 1.807) is 0 Å². The highest BCUT2D eigenvalue weighted by Gasteiger charge is 2.74. The van der Waals surface area contributed by atoms with E-state index >= 15 is 0 Å². The van der Waals surface area contributed by atoms with Gasteiger partial charge < -0.3 is 4.74 Å². The Hall–Kier alpha value is -1.97. The SMILES string of the molecule is CCC12C=NC3CC1[C@@H]1C(=O)O[C@@H]2C[C@]12C3=Nc1ccccc12. The van der Waals surface area contributed by atoms with E-state index in [1.165, 1.54) is 5.56 Å². The molecule has 4 aliphatic heterocycles. The van der Waals surface area contributed by atoms with Crippen LogP contribution in [0.2, 0.25) is 0 Å². The number of rotatable bonds is 1. The maximum atomic E-state index is 12.8. The lowest BCUT2D eigenvalue weighted by Crippen LogP contribution is -2.74. The maximum absolute atomic E-state index is 12.8. The molecule has 4 heterocycles. The molecule has 1 spiro atoms. The number of carbonyl (C=O) groups excluding carboxylic acids is 1. The first-order valence-corrected chi connectivity index (χ1v) is 8.64. The maximum Gasteiger partial charge on any atom is 0.310 e. The standard InChI is InChI=1S/C19H18N2O2/c1-2-18-9-20-13-7-11(18)15-17(22)23-14(18)8-19(15)10-5-3-4-6-12(10)21-16(13)19/h3-6,9,11,13-15H,2,7-8H2,1H3/t11?,13?,14-,15-,18?,19-/m1/s1. The van der Waals surface area contributed by atoms with Crippen LogP contribution in [-0.4, -0.2) is 30.0 Å². The summed E-state index contributed by atoms with van der Waals surface area (Å²) in [6.07, 6.45) is 4.90. The predicted molar refractivity (Wildman–Crippen MR) is 86.3 cm³/mol. The molecule has 116 valence electrons. The van der Waals surface area contributed by atoms with Crippen molar-refractivity contribution in [2.75, 3.05) is 0 Å². The number of para-hydroxylation sites is 1. The van der Waals surface area contributed by atoms with Gasteiger partial charge in [-0.3, -0.25) is 14.8 Å². The number of hydrogen-bond donors (Lipinski definition) is 0. The lowest BCUT2D eigenvalue weighted by atomic mass is 9.41. The van der Waals surface area contributed by atoms with Crippen LogP contribution in [0.5, 0.6) is 0 Å². The van der Waals surface area contributed by atoms with Crippen molar-refractivity contribution in [2.24, 2.45) is 27.2 Å². The molecule has 6 aliphatic rings. The van der Waals surface area contributed by atoms with Crippen LogP contribution in [-0.2, 0) is 14.9 Å². The minimum absolute atomic E-state index is 0.00604. The van der Waals surface area contributed by atoms with Crippen LogP contribution in [0, 0.1) is 17.3 Å². The van der Waals surface area contributed by atoms with E-state index in [1.807, 2.05) is 6.07 Å². The van der Waals surface area contributed by atoms with Crippen molar-refractivity contribution >= 4 is 23.6 Å². The predicted octanol–water partition coefficient (Wildman–Crippen LogP) is 2.83. The molecule has 0 amide bonds. The number of hydrogen-bond acceptors (Lipinski definition) is 4. The van der Waals surface area contributed by atoms with Crippen LogP contribution in [0.4, 0.5) is 5.69 Å². The molecule has 2 saturated carbocycles. The summed E-state index contributed by atoms with van der Waals surface area (Å²) in [6.45, 7) is 2.21. The number of esters is 1. The van der Waals surface area contributed by atoms with Crippen LogP contribution in [0.3, 0.4) is 0 Å². The van der Waals surface area contributed by atoms with Gasteiger partial charge in [-0.05, 0) is 30.4 Å². The molecule has 0 N–H and O–H groups in total. The minimum atomic E-state index is -0.249. The van der Waals surface area contributed by atoms with Gasteiger partial charge in [0.2, 0.25) is 0 Å². The lowest BCUT2D eigenvalue weighted by molar-refractivity contribution is -0.206. The monoisotopic (exact) mass is 306 g/mol. The van der Waals surface area contributed by atoms with Crippen molar-refractivity contribution in [3.05, 3.63) is 29.8 Å². The second-order valence-corrected chi connectivity index (χ2v) is 7.69.